The lowest BCUT2D eigenvalue weighted by atomic mass is 10.0. The molecule has 86 valence electrons. The Bertz CT molecular complexity index is 484. The molecule has 0 amide bonds. The number of fused-ring (bicyclic) bond motifs is 1. The Balaban J connectivity index is 2.56. The molecule has 2 heteroatoms. The second-order valence-electron chi connectivity index (χ2n) is 4.58. The van der Waals surface area contributed by atoms with Gasteiger partial charge in [-0.1, -0.05) is 39.0 Å². The van der Waals surface area contributed by atoms with Crippen LogP contribution in [0.2, 0.25) is 0 Å². The Kier molecular flexibility index (Phi) is 3.01. The summed E-state index contributed by atoms with van der Waals surface area (Å²) in [4.78, 5) is 0. The minimum atomic E-state index is 0.00686. The van der Waals surface area contributed by atoms with Gasteiger partial charge >= 0.3 is 0 Å². The molecule has 2 rings (SSSR count). The van der Waals surface area contributed by atoms with Crippen molar-refractivity contribution in [1.29, 1.82) is 0 Å². The quantitative estimate of drug-likeness (QED) is 0.845. The molecule has 0 bridgehead atoms. The highest BCUT2D eigenvalue weighted by molar-refractivity contribution is 5.81. The molecule has 1 unspecified atom stereocenters. The van der Waals surface area contributed by atoms with Gasteiger partial charge in [0.15, 0.2) is 0 Å². The van der Waals surface area contributed by atoms with Crippen molar-refractivity contribution >= 4 is 11.0 Å². The maximum atomic E-state index is 5.99. The van der Waals surface area contributed by atoms with Crippen molar-refractivity contribution in [2.24, 2.45) is 5.73 Å². The predicted molar refractivity (Wildman–Crippen MR) is 67.5 cm³/mol. The molecule has 0 saturated carbocycles. The fourth-order valence-electron chi connectivity index (χ4n) is 1.94. The van der Waals surface area contributed by atoms with Crippen LogP contribution >= 0.6 is 0 Å². The molecule has 16 heavy (non-hydrogen) atoms. The molecule has 1 aromatic carbocycles. The average Bonchev–Trinajstić information content (AvgIpc) is 2.70. The molecule has 0 aliphatic rings. The lowest BCUT2D eigenvalue weighted by Crippen LogP contribution is -2.06. The molecule has 1 atom stereocenters. The molecule has 0 saturated heterocycles. The van der Waals surface area contributed by atoms with Gasteiger partial charge in [0, 0.05) is 5.39 Å². The maximum absolute atomic E-state index is 5.99. The fraction of sp³-hybridized carbons (Fsp3) is 0.429. The van der Waals surface area contributed by atoms with Crippen LogP contribution in [0.25, 0.3) is 11.0 Å². The van der Waals surface area contributed by atoms with E-state index < -0.39 is 0 Å². The van der Waals surface area contributed by atoms with Gasteiger partial charge in [0.05, 0.1) is 6.04 Å². The normalized spacial score (nSPS) is 13.6. The molecule has 0 aliphatic heterocycles. The van der Waals surface area contributed by atoms with E-state index in [-0.39, 0.29) is 6.04 Å². The summed E-state index contributed by atoms with van der Waals surface area (Å²) in [5, 5.41) is 1.16. The summed E-state index contributed by atoms with van der Waals surface area (Å²) in [6.45, 7) is 6.43. The van der Waals surface area contributed by atoms with Crippen LogP contribution in [0.15, 0.2) is 28.7 Å². The van der Waals surface area contributed by atoms with Crippen LogP contribution in [0.4, 0.5) is 0 Å². The Labute approximate surface area is 96.4 Å². The van der Waals surface area contributed by atoms with E-state index in [1.165, 1.54) is 5.56 Å². The third-order valence-electron chi connectivity index (χ3n) is 3.02. The third-order valence-corrected chi connectivity index (χ3v) is 3.02. The Morgan fingerprint density at radius 2 is 2.06 bits per heavy atom. The van der Waals surface area contributed by atoms with E-state index in [9.17, 15) is 0 Å². The molecule has 2 aromatic rings. The topological polar surface area (TPSA) is 39.2 Å². The number of rotatable bonds is 3. The standard InChI is InChI=1S/C14H19NO/c1-4-12(15)13-8-10-6-5-7-11(9(2)3)14(10)16-13/h5-9,12H,4,15H2,1-3H3. The van der Waals surface area contributed by atoms with E-state index in [4.69, 9.17) is 10.2 Å². The summed E-state index contributed by atoms with van der Waals surface area (Å²) in [6.07, 6.45) is 0.900. The number of para-hydroxylation sites is 1. The zero-order valence-corrected chi connectivity index (χ0v) is 10.2. The Morgan fingerprint density at radius 1 is 1.31 bits per heavy atom. The van der Waals surface area contributed by atoms with E-state index in [0.717, 1.165) is 23.2 Å². The monoisotopic (exact) mass is 217 g/mol. The summed E-state index contributed by atoms with van der Waals surface area (Å²) in [5.74, 6) is 1.37. The van der Waals surface area contributed by atoms with Crippen LogP contribution in [-0.4, -0.2) is 0 Å². The van der Waals surface area contributed by atoms with E-state index in [0.29, 0.717) is 5.92 Å². The highest BCUT2D eigenvalue weighted by Gasteiger charge is 2.13. The summed E-state index contributed by atoms with van der Waals surface area (Å²) in [5.41, 5.74) is 8.24. The van der Waals surface area contributed by atoms with Crippen molar-refractivity contribution in [3.05, 3.63) is 35.6 Å². The lowest BCUT2D eigenvalue weighted by molar-refractivity contribution is 0.485. The molecular formula is C14H19NO. The van der Waals surface area contributed by atoms with Crippen LogP contribution in [0, 0.1) is 0 Å². The molecule has 2 N–H and O–H groups in total. The summed E-state index contributed by atoms with van der Waals surface area (Å²) in [7, 11) is 0. The van der Waals surface area contributed by atoms with Crippen molar-refractivity contribution in [3.63, 3.8) is 0 Å². The third kappa shape index (κ3) is 1.85. The molecule has 0 aliphatic carbocycles. The Hall–Kier alpha value is -1.28. The molecule has 0 spiro atoms. The molecule has 2 nitrogen and oxygen atoms in total. The lowest BCUT2D eigenvalue weighted by Gasteiger charge is -2.06. The van der Waals surface area contributed by atoms with Gasteiger partial charge in [-0.2, -0.15) is 0 Å². The second kappa shape index (κ2) is 4.30. The number of furan rings is 1. The van der Waals surface area contributed by atoms with Gasteiger partial charge in [-0.25, -0.2) is 0 Å². The summed E-state index contributed by atoms with van der Waals surface area (Å²) >= 11 is 0. The SMILES string of the molecule is CCC(N)c1cc2cccc(C(C)C)c2o1. The first-order valence-electron chi connectivity index (χ1n) is 5.91. The van der Waals surface area contributed by atoms with Gasteiger partial charge in [0.2, 0.25) is 0 Å². The summed E-state index contributed by atoms with van der Waals surface area (Å²) < 4.78 is 5.89. The largest absolute Gasteiger partial charge is 0.459 e. The Morgan fingerprint density at radius 3 is 2.69 bits per heavy atom. The number of benzene rings is 1. The van der Waals surface area contributed by atoms with Gasteiger partial charge in [0.25, 0.3) is 0 Å². The van der Waals surface area contributed by atoms with Crippen LogP contribution in [-0.2, 0) is 0 Å². The molecule has 0 fully saturated rings. The van der Waals surface area contributed by atoms with Crippen LogP contribution < -0.4 is 5.73 Å². The first kappa shape index (κ1) is 11.2. The fourth-order valence-corrected chi connectivity index (χ4v) is 1.94. The van der Waals surface area contributed by atoms with E-state index in [1.54, 1.807) is 0 Å². The van der Waals surface area contributed by atoms with E-state index in [1.807, 2.05) is 0 Å². The van der Waals surface area contributed by atoms with Gasteiger partial charge < -0.3 is 10.2 Å². The van der Waals surface area contributed by atoms with Gasteiger partial charge in [-0.15, -0.1) is 0 Å². The summed E-state index contributed by atoms with van der Waals surface area (Å²) in [6, 6.07) is 8.35. The highest BCUT2D eigenvalue weighted by atomic mass is 16.3. The number of hydrogen-bond acceptors (Lipinski definition) is 2. The zero-order valence-electron chi connectivity index (χ0n) is 10.2. The van der Waals surface area contributed by atoms with Crippen molar-refractivity contribution in [2.45, 2.75) is 39.2 Å². The zero-order chi connectivity index (χ0) is 11.7. The molecule has 1 aromatic heterocycles. The first-order valence-corrected chi connectivity index (χ1v) is 5.91. The van der Waals surface area contributed by atoms with Gasteiger partial charge in [-0.05, 0) is 24.0 Å². The van der Waals surface area contributed by atoms with Crippen molar-refractivity contribution in [1.82, 2.24) is 0 Å². The molecule has 0 radical (unpaired) electrons. The highest BCUT2D eigenvalue weighted by Crippen LogP contribution is 2.30. The van der Waals surface area contributed by atoms with Crippen LogP contribution in [0.5, 0.6) is 0 Å². The number of nitrogens with two attached hydrogens (primary N) is 1. The predicted octanol–water partition coefficient (Wildman–Crippen LogP) is 3.97. The minimum Gasteiger partial charge on any atom is -0.459 e. The smallest absolute Gasteiger partial charge is 0.137 e. The maximum Gasteiger partial charge on any atom is 0.137 e. The minimum absolute atomic E-state index is 0.00686. The van der Waals surface area contributed by atoms with Gasteiger partial charge in [0.1, 0.15) is 11.3 Å². The van der Waals surface area contributed by atoms with Crippen LogP contribution in [0.3, 0.4) is 0 Å². The number of hydrogen-bond donors (Lipinski definition) is 1. The van der Waals surface area contributed by atoms with Crippen molar-refractivity contribution in [2.75, 3.05) is 0 Å². The van der Waals surface area contributed by atoms with E-state index >= 15 is 0 Å². The molecular weight excluding hydrogens is 198 g/mol. The average molecular weight is 217 g/mol. The second-order valence-corrected chi connectivity index (χ2v) is 4.58. The molecule has 1 heterocycles. The van der Waals surface area contributed by atoms with Crippen LogP contribution in [0.1, 0.15) is 50.5 Å². The van der Waals surface area contributed by atoms with E-state index in [2.05, 4.69) is 45.0 Å². The van der Waals surface area contributed by atoms with Crippen molar-refractivity contribution < 1.29 is 4.42 Å². The van der Waals surface area contributed by atoms with Gasteiger partial charge in [-0.3, -0.25) is 0 Å². The first-order chi connectivity index (χ1) is 7.63. The van der Waals surface area contributed by atoms with Crippen molar-refractivity contribution in [3.8, 4) is 0 Å².